The van der Waals surface area contributed by atoms with Crippen molar-refractivity contribution in [3.63, 3.8) is 0 Å². The third-order valence-corrected chi connectivity index (χ3v) is 7.88. The lowest BCUT2D eigenvalue weighted by Crippen LogP contribution is -2.44. The molecule has 0 saturated carbocycles. The van der Waals surface area contributed by atoms with Crippen LogP contribution in [0.15, 0.2) is 35.1 Å². The van der Waals surface area contributed by atoms with Crippen LogP contribution >= 0.6 is 0 Å². The molecule has 200 valence electrons. The van der Waals surface area contributed by atoms with E-state index in [0.717, 1.165) is 53.8 Å². The Balaban J connectivity index is 1.55. The first-order chi connectivity index (χ1) is 17.5. The SMILES string of the molecule is Cc1cc(C)c(CNC(=O)c2c(C)n([C@H](C)C3CCN(CC(C)(C)OO)CC3)c3ccccc23)c(=O)[nH]1. The highest BCUT2D eigenvalue weighted by atomic mass is 17.1. The Morgan fingerprint density at radius 1 is 1.22 bits per heavy atom. The van der Waals surface area contributed by atoms with E-state index in [1.54, 1.807) is 0 Å². The standard InChI is InChI=1S/C29H40N4O4/c1-18-15-19(2)31-27(34)24(18)16-30-28(35)26-21(4)33(25-10-8-7-9-23(25)26)20(3)22-11-13-32(14-12-22)17-29(5,6)37-36/h7-10,15,20,22,36H,11-14,16-17H2,1-6H3,(H,30,35)(H,31,34)/t20-/m1/s1. The van der Waals surface area contributed by atoms with Gasteiger partial charge >= 0.3 is 0 Å². The Morgan fingerprint density at radius 3 is 2.54 bits per heavy atom. The summed E-state index contributed by atoms with van der Waals surface area (Å²) < 4.78 is 2.31. The molecule has 1 aliphatic rings. The van der Waals surface area contributed by atoms with Gasteiger partial charge in [0.05, 0.1) is 5.56 Å². The summed E-state index contributed by atoms with van der Waals surface area (Å²) in [6.45, 7) is 14.5. The number of rotatable bonds is 8. The number of nitrogens with one attached hydrogen (secondary N) is 2. The molecule has 2 aromatic heterocycles. The fourth-order valence-electron chi connectivity index (χ4n) is 5.93. The molecule has 1 amide bonds. The topological polar surface area (TPSA) is 99.6 Å². The minimum absolute atomic E-state index is 0.161. The van der Waals surface area contributed by atoms with Crippen LogP contribution in [-0.2, 0) is 11.4 Å². The van der Waals surface area contributed by atoms with E-state index in [0.29, 0.717) is 23.6 Å². The lowest BCUT2D eigenvalue weighted by molar-refractivity contribution is -0.315. The van der Waals surface area contributed by atoms with Crippen LogP contribution in [0.1, 0.15) is 72.5 Å². The molecule has 3 heterocycles. The van der Waals surface area contributed by atoms with Crippen molar-refractivity contribution in [3.05, 3.63) is 68.8 Å². The average molecular weight is 509 g/mol. The minimum Gasteiger partial charge on any atom is -0.348 e. The number of carbonyl (C=O) groups excluding carboxylic acids is 1. The zero-order valence-electron chi connectivity index (χ0n) is 22.9. The Morgan fingerprint density at radius 2 is 1.89 bits per heavy atom. The fourth-order valence-corrected chi connectivity index (χ4v) is 5.93. The molecule has 0 radical (unpaired) electrons. The minimum atomic E-state index is -0.587. The van der Waals surface area contributed by atoms with Crippen LogP contribution in [0.25, 0.3) is 10.9 Å². The van der Waals surface area contributed by atoms with Crippen molar-refractivity contribution in [1.82, 2.24) is 19.8 Å². The third-order valence-electron chi connectivity index (χ3n) is 7.88. The van der Waals surface area contributed by atoms with E-state index in [2.05, 4.69) is 37.6 Å². The van der Waals surface area contributed by atoms with E-state index in [4.69, 9.17) is 5.26 Å². The first kappa shape index (κ1) is 27.1. The van der Waals surface area contributed by atoms with Crippen molar-refractivity contribution in [2.75, 3.05) is 19.6 Å². The highest BCUT2D eigenvalue weighted by Gasteiger charge is 2.31. The van der Waals surface area contributed by atoms with Crippen molar-refractivity contribution in [2.45, 2.75) is 72.6 Å². The predicted molar refractivity (Wildman–Crippen MR) is 146 cm³/mol. The number of carbonyl (C=O) groups is 1. The van der Waals surface area contributed by atoms with Crippen LogP contribution in [0.3, 0.4) is 0 Å². The molecule has 3 N–H and O–H groups in total. The highest BCUT2D eigenvalue weighted by molar-refractivity contribution is 6.08. The van der Waals surface area contributed by atoms with Gasteiger partial charge in [-0.25, -0.2) is 4.89 Å². The Kier molecular flexibility index (Phi) is 7.92. The monoisotopic (exact) mass is 508 g/mol. The van der Waals surface area contributed by atoms with Crippen LogP contribution in [0.5, 0.6) is 0 Å². The molecule has 1 saturated heterocycles. The molecule has 1 fully saturated rings. The molecule has 0 bridgehead atoms. The highest BCUT2D eigenvalue weighted by Crippen LogP contribution is 2.36. The number of aromatic nitrogens is 2. The normalized spacial score (nSPS) is 16.3. The summed E-state index contributed by atoms with van der Waals surface area (Å²) in [7, 11) is 0. The van der Waals surface area contributed by atoms with Gasteiger partial charge < -0.3 is 19.8 Å². The molecule has 8 heteroatoms. The first-order valence-electron chi connectivity index (χ1n) is 13.1. The van der Waals surface area contributed by atoms with E-state index in [1.165, 1.54) is 0 Å². The second-order valence-corrected chi connectivity index (χ2v) is 11.2. The number of amides is 1. The molecule has 0 spiro atoms. The Hall–Kier alpha value is -2.94. The second kappa shape index (κ2) is 10.8. The average Bonchev–Trinajstić information content (AvgIpc) is 3.14. The maximum atomic E-state index is 13.5. The molecule has 0 unspecified atom stereocenters. The zero-order valence-corrected chi connectivity index (χ0v) is 22.9. The molecule has 1 aliphatic heterocycles. The summed E-state index contributed by atoms with van der Waals surface area (Å²) in [5.74, 6) is 0.300. The van der Waals surface area contributed by atoms with Gasteiger partial charge in [-0.15, -0.1) is 0 Å². The van der Waals surface area contributed by atoms with E-state index in [1.807, 2.05) is 58.9 Å². The van der Waals surface area contributed by atoms with Crippen LogP contribution < -0.4 is 10.9 Å². The zero-order chi connectivity index (χ0) is 26.9. The number of aromatic amines is 1. The van der Waals surface area contributed by atoms with Crippen LogP contribution in [-0.4, -0.2) is 50.9 Å². The number of aryl methyl sites for hydroxylation is 2. The van der Waals surface area contributed by atoms with E-state index >= 15 is 0 Å². The number of fused-ring (bicyclic) bond motifs is 1. The number of hydrogen-bond donors (Lipinski definition) is 3. The molecule has 4 rings (SSSR count). The predicted octanol–water partition coefficient (Wildman–Crippen LogP) is 4.73. The maximum absolute atomic E-state index is 13.5. The van der Waals surface area contributed by atoms with Crippen molar-refractivity contribution >= 4 is 16.8 Å². The summed E-state index contributed by atoms with van der Waals surface area (Å²) >= 11 is 0. The molecule has 8 nitrogen and oxygen atoms in total. The number of piperidine rings is 1. The van der Waals surface area contributed by atoms with Crippen molar-refractivity contribution < 1.29 is 14.9 Å². The van der Waals surface area contributed by atoms with Crippen molar-refractivity contribution in [2.24, 2.45) is 5.92 Å². The number of nitrogens with zero attached hydrogens (tertiary/aromatic N) is 2. The molecule has 3 aromatic rings. The molecule has 1 aromatic carbocycles. The summed E-state index contributed by atoms with van der Waals surface area (Å²) in [5, 5.41) is 13.1. The van der Waals surface area contributed by atoms with E-state index in [9.17, 15) is 9.59 Å². The number of likely N-dealkylation sites (tertiary alicyclic amines) is 1. The lowest BCUT2D eigenvalue weighted by Gasteiger charge is -2.38. The van der Waals surface area contributed by atoms with Crippen LogP contribution in [0.2, 0.25) is 0 Å². The summed E-state index contributed by atoms with van der Waals surface area (Å²) in [4.78, 5) is 35.7. The number of hydrogen-bond acceptors (Lipinski definition) is 5. The summed E-state index contributed by atoms with van der Waals surface area (Å²) in [6, 6.07) is 10.2. The summed E-state index contributed by atoms with van der Waals surface area (Å²) in [5.41, 5.74) is 4.17. The third kappa shape index (κ3) is 5.66. The molecular weight excluding hydrogens is 468 g/mol. The smallest absolute Gasteiger partial charge is 0.254 e. The Labute approximate surface area is 218 Å². The molecule has 37 heavy (non-hydrogen) atoms. The van der Waals surface area contributed by atoms with Gasteiger partial charge in [-0.1, -0.05) is 18.2 Å². The van der Waals surface area contributed by atoms with Gasteiger partial charge in [-0.2, -0.15) is 0 Å². The molecule has 0 aliphatic carbocycles. The largest absolute Gasteiger partial charge is 0.348 e. The number of pyridine rings is 1. The molecular formula is C29H40N4O4. The van der Waals surface area contributed by atoms with Gasteiger partial charge in [-0.05, 0) is 91.1 Å². The van der Waals surface area contributed by atoms with Crippen LogP contribution in [0, 0.1) is 26.7 Å². The quantitative estimate of drug-likeness (QED) is 0.302. The number of H-pyrrole nitrogens is 1. The van der Waals surface area contributed by atoms with Gasteiger partial charge in [0.25, 0.3) is 11.5 Å². The second-order valence-electron chi connectivity index (χ2n) is 11.2. The van der Waals surface area contributed by atoms with Gasteiger partial charge in [-0.3, -0.25) is 14.8 Å². The lowest BCUT2D eigenvalue weighted by atomic mass is 9.89. The fraction of sp³-hybridized carbons (Fsp3) is 0.517. The number of benzene rings is 1. The van der Waals surface area contributed by atoms with Gasteiger partial charge in [0, 0.05) is 47.0 Å². The van der Waals surface area contributed by atoms with Crippen molar-refractivity contribution in [3.8, 4) is 0 Å². The molecule has 1 atom stereocenters. The van der Waals surface area contributed by atoms with E-state index in [-0.39, 0.29) is 24.1 Å². The van der Waals surface area contributed by atoms with Gasteiger partial charge in [0.15, 0.2) is 0 Å². The Bertz CT molecular complexity index is 1330. The van der Waals surface area contributed by atoms with Gasteiger partial charge in [0.1, 0.15) is 5.60 Å². The van der Waals surface area contributed by atoms with E-state index < -0.39 is 5.60 Å². The first-order valence-corrected chi connectivity index (χ1v) is 13.1. The van der Waals surface area contributed by atoms with Crippen LogP contribution in [0.4, 0.5) is 0 Å². The number of para-hydroxylation sites is 1. The maximum Gasteiger partial charge on any atom is 0.254 e. The van der Waals surface area contributed by atoms with Crippen molar-refractivity contribution in [1.29, 1.82) is 0 Å². The summed E-state index contributed by atoms with van der Waals surface area (Å²) in [6.07, 6.45) is 2.07. The van der Waals surface area contributed by atoms with Gasteiger partial charge in [0.2, 0.25) is 0 Å².